The smallest absolute Gasteiger partial charge is 0.410 e. The van der Waals surface area contributed by atoms with Crippen LogP contribution in [0.25, 0.3) is 11.1 Å². The molecule has 1 fully saturated rings. The van der Waals surface area contributed by atoms with E-state index in [1.54, 1.807) is 24.1 Å². The normalized spacial score (nSPS) is 18.7. The minimum atomic E-state index is -3.72. The first-order chi connectivity index (χ1) is 16.4. The fraction of sp³-hybridized carbons (Fsp3) is 0.500. The third-order valence-electron chi connectivity index (χ3n) is 6.30. The molecule has 0 unspecified atom stereocenters. The zero-order valence-corrected chi connectivity index (χ0v) is 22.0. The lowest BCUT2D eigenvalue weighted by Gasteiger charge is -2.36. The first-order valence-electron chi connectivity index (χ1n) is 11.9. The molecule has 0 saturated heterocycles. The van der Waals surface area contributed by atoms with Crippen molar-refractivity contribution in [3.8, 4) is 16.9 Å². The third kappa shape index (κ3) is 7.43. The number of hydrogen-bond acceptors (Lipinski definition) is 6. The van der Waals surface area contributed by atoms with Crippen molar-refractivity contribution in [3.05, 3.63) is 48.0 Å². The van der Waals surface area contributed by atoms with Crippen LogP contribution in [0.2, 0.25) is 0 Å². The summed E-state index contributed by atoms with van der Waals surface area (Å²) in [5.74, 6) is 0.792. The number of rotatable bonds is 7. The van der Waals surface area contributed by atoms with Gasteiger partial charge in [-0.05, 0) is 81.8 Å². The van der Waals surface area contributed by atoms with Gasteiger partial charge in [-0.15, -0.1) is 0 Å². The number of benzene rings is 2. The van der Waals surface area contributed by atoms with Crippen LogP contribution in [0.3, 0.4) is 0 Å². The van der Waals surface area contributed by atoms with Gasteiger partial charge < -0.3 is 19.7 Å². The predicted octanol–water partition coefficient (Wildman–Crippen LogP) is 4.28. The molecule has 3 rings (SSSR count). The molecule has 2 aromatic rings. The van der Waals surface area contributed by atoms with Crippen molar-refractivity contribution in [2.24, 2.45) is 5.14 Å². The molecule has 0 bridgehead atoms. The molecule has 1 amide bonds. The van der Waals surface area contributed by atoms with Crippen molar-refractivity contribution >= 4 is 16.1 Å². The number of carbonyl (C=O) groups is 1. The van der Waals surface area contributed by atoms with Crippen LogP contribution in [-0.4, -0.2) is 51.3 Å². The van der Waals surface area contributed by atoms with Crippen LogP contribution in [0.1, 0.15) is 52.0 Å². The van der Waals surface area contributed by atoms with E-state index in [1.165, 1.54) is 12.1 Å². The maximum Gasteiger partial charge on any atom is 0.410 e. The van der Waals surface area contributed by atoms with E-state index < -0.39 is 15.6 Å². The molecule has 3 N–H and O–H groups in total. The van der Waals surface area contributed by atoms with Crippen molar-refractivity contribution in [3.63, 3.8) is 0 Å². The largest absolute Gasteiger partial charge is 0.496 e. The number of primary sulfonamides is 1. The van der Waals surface area contributed by atoms with E-state index in [9.17, 15) is 13.2 Å². The van der Waals surface area contributed by atoms with E-state index in [1.807, 2.05) is 40.0 Å². The van der Waals surface area contributed by atoms with Gasteiger partial charge in [0.25, 0.3) is 0 Å². The average Bonchev–Trinajstić information content (AvgIpc) is 2.81. The maximum absolute atomic E-state index is 12.4. The average molecular weight is 504 g/mol. The van der Waals surface area contributed by atoms with Gasteiger partial charge in [0.2, 0.25) is 10.0 Å². The van der Waals surface area contributed by atoms with Gasteiger partial charge in [0, 0.05) is 31.2 Å². The number of nitrogens with two attached hydrogens (primary N) is 1. The third-order valence-corrected chi connectivity index (χ3v) is 7.23. The van der Waals surface area contributed by atoms with Gasteiger partial charge in [-0.25, -0.2) is 18.4 Å². The molecule has 0 atom stereocenters. The molecular weight excluding hydrogens is 466 g/mol. The standard InChI is InChI=1S/C26H37N3O5S/c1-26(2,3)34-25(30)29(4)22-11-9-21(10-12-22)28-17-20-16-19(8-15-24(20)33-5)18-6-13-23(14-7-18)35(27,31)32/h6-8,13-16,21-22,28H,9-12,17H2,1-5H3,(H2,27,31,32). The summed E-state index contributed by atoms with van der Waals surface area (Å²) in [5.41, 5.74) is 2.38. The summed E-state index contributed by atoms with van der Waals surface area (Å²) >= 11 is 0. The summed E-state index contributed by atoms with van der Waals surface area (Å²) in [4.78, 5) is 14.2. The fourth-order valence-corrected chi connectivity index (χ4v) is 4.85. The van der Waals surface area contributed by atoms with E-state index in [0.717, 1.165) is 48.1 Å². The van der Waals surface area contributed by atoms with E-state index in [-0.39, 0.29) is 17.0 Å². The molecule has 0 heterocycles. The van der Waals surface area contributed by atoms with Gasteiger partial charge >= 0.3 is 6.09 Å². The Labute approximate surface area is 208 Å². The number of carbonyl (C=O) groups excluding carboxylic acids is 1. The molecule has 8 nitrogen and oxygen atoms in total. The Morgan fingerprint density at radius 3 is 2.20 bits per heavy atom. The van der Waals surface area contributed by atoms with Crippen LogP contribution < -0.4 is 15.2 Å². The summed E-state index contributed by atoms with van der Waals surface area (Å²) in [5, 5.41) is 8.84. The highest BCUT2D eigenvalue weighted by molar-refractivity contribution is 7.89. The molecule has 1 aliphatic carbocycles. The number of methoxy groups -OCH3 is 1. The fourth-order valence-electron chi connectivity index (χ4n) is 4.34. The molecule has 192 valence electrons. The van der Waals surface area contributed by atoms with Crippen LogP contribution in [0.4, 0.5) is 4.79 Å². The highest BCUT2D eigenvalue weighted by Gasteiger charge is 2.29. The topological polar surface area (TPSA) is 111 Å². The Balaban J connectivity index is 1.60. The predicted molar refractivity (Wildman–Crippen MR) is 137 cm³/mol. The van der Waals surface area contributed by atoms with Crippen molar-refractivity contribution < 1.29 is 22.7 Å². The molecule has 0 aliphatic heterocycles. The van der Waals surface area contributed by atoms with Crippen molar-refractivity contribution in [2.75, 3.05) is 14.2 Å². The molecular formula is C26H37N3O5S. The first-order valence-corrected chi connectivity index (χ1v) is 13.4. The molecule has 2 aromatic carbocycles. The minimum Gasteiger partial charge on any atom is -0.496 e. The van der Waals surface area contributed by atoms with E-state index in [4.69, 9.17) is 14.6 Å². The number of ether oxygens (including phenoxy) is 2. The summed E-state index contributed by atoms with van der Waals surface area (Å²) in [6, 6.07) is 13.0. The number of hydrogen-bond donors (Lipinski definition) is 2. The van der Waals surface area contributed by atoms with Crippen LogP contribution in [0.15, 0.2) is 47.4 Å². The molecule has 0 radical (unpaired) electrons. The van der Waals surface area contributed by atoms with Crippen LogP contribution in [0.5, 0.6) is 5.75 Å². The molecule has 0 aromatic heterocycles. The minimum absolute atomic E-state index is 0.0876. The second kappa shape index (κ2) is 11.0. The second-order valence-electron chi connectivity index (χ2n) is 10.1. The Morgan fingerprint density at radius 2 is 1.66 bits per heavy atom. The molecule has 35 heavy (non-hydrogen) atoms. The number of nitrogens with zero attached hydrogens (tertiary/aromatic N) is 1. The van der Waals surface area contributed by atoms with Crippen LogP contribution in [-0.2, 0) is 21.3 Å². The van der Waals surface area contributed by atoms with Crippen LogP contribution in [0, 0.1) is 0 Å². The summed E-state index contributed by atoms with van der Waals surface area (Å²) in [6.07, 6.45) is 3.50. The zero-order valence-electron chi connectivity index (χ0n) is 21.2. The van der Waals surface area contributed by atoms with Gasteiger partial charge in [0.1, 0.15) is 11.4 Å². The SMILES string of the molecule is COc1ccc(-c2ccc(S(N)(=O)=O)cc2)cc1CNC1CCC(N(C)C(=O)OC(C)(C)C)CC1. The van der Waals surface area contributed by atoms with E-state index >= 15 is 0 Å². The highest BCUT2D eigenvalue weighted by atomic mass is 32.2. The molecule has 1 saturated carbocycles. The van der Waals surface area contributed by atoms with Crippen LogP contribution >= 0.6 is 0 Å². The Morgan fingerprint density at radius 1 is 1.06 bits per heavy atom. The second-order valence-corrected chi connectivity index (χ2v) is 11.6. The van der Waals surface area contributed by atoms with Crippen molar-refractivity contribution in [2.45, 2.75) is 75.6 Å². The molecule has 9 heteroatoms. The Hall–Kier alpha value is -2.62. The lowest BCUT2D eigenvalue weighted by molar-refractivity contribution is 0.0179. The first kappa shape index (κ1) is 27.0. The van der Waals surface area contributed by atoms with Gasteiger partial charge in [-0.1, -0.05) is 18.2 Å². The van der Waals surface area contributed by atoms with Gasteiger partial charge in [-0.3, -0.25) is 0 Å². The van der Waals surface area contributed by atoms with Gasteiger partial charge in [0.15, 0.2) is 0 Å². The van der Waals surface area contributed by atoms with Gasteiger partial charge in [0.05, 0.1) is 12.0 Å². The lowest BCUT2D eigenvalue weighted by atomic mass is 9.90. The van der Waals surface area contributed by atoms with Crippen molar-refractivity contribution in [1.29, 1.82) is 0 Å². The quantitative estimate of drug-likeness (QED) is 0.584. The number of sulfonamides is 1. The number of amides is 1. The lowest BCUT2D eigenvalue weighted by Crippen LogP contribution is -2.44. The van der Waals surface area contributed by atoms with Gasteiger partial charge in [-0.2, -0.15) is 0 Å². The maximum atomic E-state index is 12.4. The summed E-state index contributed by atoms with van der Waals surface area (Å²) in [7, 11) is -0.255. The van der Waals surface area contributed by atoms with E-state index in [2.05, 4.69) is 11.4 Å². The molecule has 1 aliphatic rings. The Bertz CT molecular complexity index is 1120. The zero-order chi connectivity index (χ0) is 25.8. The monoisotopic (exact) mass is 503 g/mol. The summed E-state index contributed by atoms with van der Waals surface area (Å²) in [6.45, 7) is 6.27. The highest BCUT2D eigenvalue weighted by Crippen LogP contribution is 2.29. The summed E-state index contributed by atoms with van der Waals surface area (Å²) < 4.78 is 34.1. The van der Waals surface area contributed by atoms with Crippen molar-refractivity contribution in [1.82, 2.24) is 10.2 Å². The molecule has 0 spiro atoms. The van der Waals surface area contributed by atoms with E-state index in [0.29, 0.717) is 12.6 Å². The Kier molecular flexibility index (Phi) is 8.46. The number of nitrogens with one attached hydrogen (secondary N) is 1.